The zero-order chi connectivity index (χ0) is 17.3. The van der Waals surface area contributed by atoms with Crippen molar-refractivity contribution < 1.29 is 4.79 Å². The Morgan fingerprint density at radius 3 is 2.92 bits per heavy atom. The molecule has 0 fully saturated rings. The summed E-state index contributed by atoms with van der Waals surface area (Å²) in [7, 11) is 0. The van der Waals surface area contributed by atoms with Crippen LogP contribution in [0.4, 0.5) is 5.82 Å². The molecule has 3 aromatic rings. The number of imidazole rings is 1. The number of anilines is 1. The van der Waals surface area contributed by atoms with Gasteiger partial charge in [-0.1, -0.05) is 46.6 Å². The van der Waals surface area contributed by atoms with Crippen LogP contribution in [0.3, 0.4) is 0 Å². The van der Waals surface area contributed by atoms with Crippen LogP contribution in [0, 0.1) is 6.92 Å². The molecular formula is C15H11Cl3N4OS. The van der Waals surface area contributed by atoms with Crippen LogP contribution in [0.2, 0.25) is 15.1 Å². The second-order valence-electron chi connectivity index (χ2n) is 4.93. The van der Waals surface area contributed by atoms with Gasteiger partial charge in [-0.05, 0) is 30.7 Å². The molecule has 0 bridgehead atoms. The van der Waals surface area contributed by atoms with Crippen molar-refractivity contribution in [2.75, 3.05) is 11.1 Å². The van der Waals surface area contributed by atoms with Crippen molar-refractivity contribution in [2.45, 2.75) is 12.1 Å². The number of nitrogens with one attached hydrogen (secondary N) is 2. The molecule has 1 amide bonds. The number of halogens is 3. The van der Waals surface area contributed by atoms with E-state index < -0.39 is 0 Å². The van der Waals surface area contributed by atoms with Crippen molar-refractivity contribution in [3.8, 4) is 0 Å². The first-order valence-corrected chi connectivity index (χ1v) is 8.94. The van der Waals surface area contributed by atoms with Crippen molar-refractivity contribution in [2.24, 2.45) is 0 Å². The summed E-state index contributed by atoms with van der Waals surface area (Å²) >= 11 is 19.3. The van der Waals surface area contributed by atoms with Crippen LogP contribution in [-0.4, -0.2) is 26.6 Å². The summed E-state index contributed by atoms with van der Waals surface area (Å²) in [6.45, 7) is 1.76. The predicted molar refractivity (Wildman–Crippen MR) is 99.5 cm³/mol. The number of pyridine rings is 1. The van der Waals surface area contributed by atoms with E-state index in [2.05, 4.69) is 20.3 Å². The quantitative estimate of drug-likeness (QED) is 0.606. The molecule has 24 heavy (non-hydrogen) atoms. The Kier molecular flexibility index (Phi) is 5.20. The molecule has 2 N–H and O–H groups in total. The molecule has 2 heterocycles. The number of benzene rings is 1. The van der Waals surface area contributed by atoms with E-state index in [1.165, 1.54) is 18.0 Å². The summed E-state index contributed by atoms with van der Waals surface area (Å²) < 4.78 is 0. The first-order valence-electron chi connectivity index (χ1n) is 6.82. The Labute approximate surface area is 157 Å². The van der Waals surface area contributed by atoms with Gasteiger partial charge in [0.15, 0.2) is 11.0 Å². The summed E-state index contributed by atoms with van der Waals surface area (Å²) in [5, 5.41) is 4.71. The fraction of sp³-hybridized carbons (Fsp3) is 0.133. The average Bonchev–Trinajstić information content (AvgIpc) is 2.95. The molecule has 5 nitrogen and oxygen atoms in total. The smallest absolute Gasteiger partial charge is 0.236 e. The normalized spacial score (nSPS) is 11.0. The molecule has 0 aliphatic carbocycles. The van der Waals surface area contributed by atoms with Crippen molar-refractivity contribution in [1.29, 1.82) is 0 Å². The molecule has 0 aliphatic heterocycles. The number of fused-ring (bicyclic) bond motifs is 1. The summed E-state index contributed by atoms with van der Waals surface area (Å²) in [6.07, 6.45) is 1.45. The Morgan fingerprint density at radius 2 is 2.12 bits per heavy atom. The van der Waals surface area contributed by atoms with Gasteiger partial charge in [0.2, 0.25) is 5.91 Å². The van der Waals surface area contributed by atoms with Gasteiger partial charge in [-0.25, -0.2) is 9.97 Å². The molecule has 0 atom stereocenters. The van der Waals surface area contributed by atoms with Crippen LogP contribution >= 0.6 is 46.6 Å². The first-order chi connectivity index (χ1) is 11.4. The molecule has 0 aliphatic rings. The Morgan fingerprint density at radius 1 is 1.33 bits per heavy atom. The number of amides is 1. The molecule has 0 radical (unpaired) electrons. The van der Waals surface area contributed by atoms with Gasteiger partial charge in [-0.3, -0.25) is 4.79 Å². The minimum Gasteiger partial charge on any atom is -0.333 e. The molecule has 0 spiro atoms. The summed E-state index contributed by atoms with van der Waals surface area (Å²) in [5.41, 5.74) is 2.29. The Bertz CT molecular complexity index is 928. The third-order valence-electron chi connectivity index (χ3n) is 3.22. The van der Waals surface area contributed by atoms with E-state index in [-0.39, 0.29) is 11.7 Å². The topological polar surface area (TPSA) is 70.7 Å². The number of hydrogen-bond donors (Lipinski definition) is 2. The van der Waals surface area contributed by atoms with Crippen LogP contribution in [-0.2, 0) is 4.79 Å². The third-order valence-corrected chi connectivity index (χ3v) is 5.17. The predicted octanol–water partition coefficient (Wildman–Crippen LogP) is 4.96. The van der Waals surface area contributed by atoms with Crippen molar-refractivity contribution in [3.63, 3.8) is 0 Å². The Hall–Kier alpha value is -1.47. The lowest BCUT2D eigenvalue weighted by Gasteiger charge is -2.08. The molecule has 9 heteroatoms. The molecule has 0 saturated carbocycles. The lowest BCUT2D eigenvalue weighted by atomic mass is 10.3. The van der Waals surface area contributed by atoms with Crippen LogP contribution in [0.25, 0.3) is 11.0 Å². The molecule has 3 rings (SSSR count). The standard InChI is InChI=1S/C15H11Cl3N4OS/c1-7-9(17)5-19-14(13(7)18)22-12(23)6-24-15-20-10-3-2-8(16)4-11(10)21-15/h2-5H,6H2,1H3,(H,20,21)(H,19,22,23). The second-order valence-corrected chi connectivity index (χ2v) is 7.12. The highest BCUT2D eigenvalue weighted by atomic mass is 35.5. The number of nitrogens with zero attached hydrogens (tertiary/aromatic N) is 2. The number of aromatic nitrogens is 3. The maximum atomic E-state index is 12.1. The first kappa shape index (κ1) is 17.4. The lowest BCUT2D eigenvalue weighted by Crippen LogP contribution is -2.15. The minimum atomic E-state index is -0.241. The molecule has 2 aromatic heterocycles. The van der Waals surface area contributed by atoms with Crippen LogP contribution in [0.1, 0.15) is 5.56 Å². The van der Waals surface area contributed by atoms with Gasteiger partial charge in [-0.2, -0.15) is 0 Å². The molecule has 124 valence electrons. The monoisotopic (exact) mass is 400 g/mol. The minimum absolute atomic E-state index is 0.160. The maximum absolute atomic E-state index is 12.1. The van der Waals surface area contributed by atoms with E-state index in [1.54, 1.807) is 19.1 Å². The van der Waals surface area contributed by atoms with Gasteiger partial charge in [0.25, 0.3) is 0 Å². The highest BCUT2D eigenvalue weighted by Crippen LogP contribution is 2.29. The molecule has 1 aromatic carbocycles. The Balaban J connectivity index is 1.65. The number of carbonyl (C=O) groups excluding carboxylic acids is 1. The largest absolute Gasteiger partial charge is 0.333 e. The SMILES string of the molecule is Cc1c(Cl)cnc(NC(=O)CSc2nc3ccc(Cl)cc3[nH]2)c1Cl. The number of H-pyrrole nitrogens is 1. The third kappa shape index (κ3) is 3.78. The zero-order valence-corrected chi connectivity index (χ0v) is 15.4. The van der Waals surface area contributed by atoms with Crippen molar-refractivity contribution in [1.82, 2.24) is 15.0 Å². The van der Waals surface area contributed by atoms with E-state index in [1.807, 2.05) is 6.07 Å². The second kappa shape index (κ2) is 7.19. The number of rotatable bonds is 4. The van der Waals surface area contributed by atoms with Crippen LogP contribution < -0.4 is 5.32 Å². The van der Waals surface area contributed by atoms with Gasteiger partial charge >= 0.3 is 0 Å². The van der Waals surface area contributed by atoms with E-state index in [0.717, 1.165) is 11.0 Å². The number of aromatic amines is 1. The fourth-order valence-electron chi connectivity index (χ4n) is 1.97. The molecule has 0 unspecified atom stereocenters. The van der Waals surface area contributed by atoms with Crippen molar-refractivity contribution >= 4 is 69.3 Å². The molecule has 0 saturated heterocycles. The lowest BCUT2D eigenvalue weighted by molar-refractivity contribution is -0.113. The maximum Gasteiger partial charge on any atom is 0.236 e. The van der Waals surface area contributed by atoms with Gasteiger partial charge in [0, 0.05) is 11.2 Å². The molecular weight excluding hydrogens is 391 g/mol. The summed E-state index contributed by atoms with van der Waals surface area (Å²) in [6, 6.07) is 5.37. The summed E-state index contributed by atoms with van der Waals surface area (Å²) in [5.74, 6) is 0.211. The number of carbonyl (C=O) groups is 1. The van der Waals surface area contributed by atoms with E-state index in [0.29, 0.717) is 31.6 Å². The van der Waals surface area contributed by atoms with Gasteiger partial charge < -0.3 is 10.3 Å². The van der Waals surface area contributed by atoms with Gasteiger partial charge in [-0.15, -0.1) is 0 Å². The average molecular weight is 402 g/mol. The van der Waals surface area contributed by atoms with Crippen molar-refractivity contribution in [3.05, 3.63) is 45.0 Å². The number of hydrogen-bond acceptors (Lipinski definition) is 4. The van der Waals surface area contributed by atoms with E-state index >= 15 is 0 Å². The summed E-state index contributed by atoms with van der Waals surface area (Å²) in [4.78, 5) is 23.6. The highest BCUT2D eigenvalue weighted by Gasteiger charge is 2.13. The van der Waals surface area contributed by atoms with E-state index in [9.17, 15) is 4.79 Å². The fourth-order valence-corrected chi connectivity index (χ4v) is 3.22. The van der Waals surface area contributed by atoms with Crippen LogP contribution in [0.5, 0.6) is 0 Å². The van der Waals surface area contributed by atoms with Gasteiger partial charge in [0.05, 0.1) is 26.8 Å². The highest BCUT2D eigenvalue weighted by molar-refractivity contribution is 7.99. The van der Waals surface area contributed by atoms with E-state index in [4.69, 9.17) is 34.8 Å². The number of thioether (sulfide) groups is 1. The zero-order valence-electron chi connectivity index (χ0n) is 12.4. The van der Waals surface area contributed by atoms with Crippen LogP contribution in [0.15, 0.2) is 29.6 Å². The van der Waals surface area contributed by atoms with Gasteiger partial charge in [0.1, 0.15) is 0 Å².